The van der Waals surface area contributed by atoms with E-state index in [1.807, 2.05) is 24.3 Å². The van der Waals surface area contributed by atoms with Crippen molar-refractivity contribution in [2.45, 2.75) is 45.1 Å². The van der Waals surface area contributed by atoms with Gasteiger partial charge in [0, 0.05) is 17.6 Å². The van der Waals surface area contributed by atoms with Crippen LogP contribution in [0.1, 0.15) is 50.7 Å². The molecule has 0 aliphatic carbocycles. The molecule has 3 aromatic rings. The van der Waals surface area contributed by atoms with E-state index in [0.29, 0.717) is 41.5 Å². The first-order valence-electron chi connectivity index (χ1n) is 13.3. The first-order valence-corrected chi connectivity index (χ1v) is 13.8. The number of para-hydroxylation sites is 2. The van der Waals surface area contributed by atoms with E-state index in [2.05, 4.69) is 16.0 Å². The molecule has 0 heterocycles. The predicted octanol–water partition coefficient (Wildman–Crippen LogP) is 7.44. The second-order valence-corrected chi connectivity index (χ2v) is 10.6. The Morgan fingerprint density at radius 1 is 0.878 bits per heavy atom. The monoisotopic (exact) mass is 577 g/mol. The molecule has 0 aromatic heterocycles. The van der Waals surface area contributed by atoms with Crippen molar-refractivity contribution >= 4 is 52.6 Å². The molecule has 3 amide bonds. The zero-order chi connectivity index (χ0) is 29.8. The van der Waals surface area contributed by atoms with Gasteiger partial charge in [0.05, 0.1) is 24.4 Å². The van der Waals surface area contributed by atoms with Gasteiger partial charge < -0.3 is 20.1 Å². The summed E-state index contributed by atoms with van der Waals surface area (Å²) in [7, 11) is 1.59. The molecular weight excluding hydrogens is 542 g/mol. The summed E-state index contributed by atoms with van der Waals surface area (Å²) in [5.41, 5.74) is 2.53. The van der Waals surface area contributed by atoms with Gasteiger partial charge in [0.25, 0.3) is 0 Å². The molecular formula is C32H36ClN3O5. The lowest BCUT2D eigenvalue weighted by molar-refractivity contribution is -0.117. The molecule has 0 saturated carbocycles. The van der Waals surface area contributed by atoms with Crippen molar-refractivity contribution < 1.29 is 23.9 Å². The summed E-state index contributed by atoms with van der Waals surface area (Å²) in [5.74, 6) is 0.290. The number of alkyl halides is 1. The smallest absolute Gasteiger partial charge is 0.412 e. The standard InChI is InChI=1S/C32H36ClN3O5/c1-32(2,3)41-31(39)36-28-10-6-5-9-27(28)35-29(37)20-13-22-11-14-23(15-12-22)26(8-7-21-33)30(38)34-24-16-18-25(40-4)19-17-24/h5-6,9-20,26H,7-8,21H2,1-4H3,(H,34,38)(H,35,37)(H,36,39). The minimum Gasteiger partial charge on any atom is -0.497 e. The molecule has 216 valence electrons. The number of carbonyl (C=O) groups excluding carboxylic acids is 3. The van der Waals surface area contributed by atoms with E-state index in [9.17, 15) is 14.4 Å². The minimum absolute atomic E-state index is 0.124. The molecule has 3 N–H and O–H groups in total. The SMILES string of the molecule is COc1ccc(NC(=O)C(CCCCl)c2ccc(C=CC(=O)Nc3ccccc3NC(=O)OC(C)(C)C)cc2)cc1. The van der Waals surface area contributed by atoms with Crippen LogP contribution >= 0.6 is 11.6 Å². The van der Waals surface area contributed by atoms with E-state index in [0.717, 1.165) is 11.1 Å². The molecule has 0 fully saturated rings. The fourth-order valence-corrected chi connectivity index (χ4v) is 4.09. The van der Waals surface area contributed by atoms with Crippen LogP contribution in [0.4, 0.5) is 21.9 Å². The van der Waals surface area contributed by atoms with Crippen molar-refractivity contribution in [3.63, 3.8) is 0 Å². The van der Waals surface area contributed by atoms with E-state index in [1.165, 1.54) is 6.08 Å². The number of anilines is 3. The van der Waals surface area contributed by atoms with Gasteiger partial charge in [-0.1, -0.05) is 36.4 Å². The number of benzene rings is 3. The van der Waals surface area contributed by atoms with Crippen molar-refractivity contribution in [3.05, 3.63) is 90.0 Å². The highest BCUT2D eigenvalue weighted by Crippen LogP contribution is 2.26. The molecule has 3 aromatic carbocycles. The van der Waals surface area contributed by atoms with Crippen LogP contribution in [0.25, 0.3) is 6.08 Å². The van der Waals surface area contributed by atoms with E-state index in [4.69, 9.17) is 21.1 Å². The van der Waals surface area contributed by atoms with Crippen LogP contribution in [-0.4, -0.2) is 36.5 Å². The lowest BCUT2D eigenvalue weighted by atomic mass is 9.92. The van der Waals surface area contributed by atoms with E-state index in [-0.39, 0.29) is 17.7 Å². The summed E-state index contributed by atoms with van der Waals surface area (Å²) in [4.78, 5) is 37.9. The molecule has 0 spiro atoms. The Labute approximate surface area is 246 Å². The van der Waals surface area contributed by atoms with Gasteiger partial charge >= 0.3 is 6.09 Å². The van der Waals surface area contributed by atoms with E-state index >= 15 is 0 Å². The summed E-state index contributed by atoms with van der Waals surface area (Å²) >= 11 is 5.93. The number of nitrogens with one attached hydrogen (secondary N) is 3. The minimum atomic E-state index is -0.648. The molecule has 0 radical (unpaired) electrons. The average Bonchev–Trinajstić information content (AvgIpc) is 2.93. The third-order valence-electron chi connectivity index (χ3n) is 5.89. The van der Waals surface area contributed by atoms with Gasteiger partial charge in [-0.2, -0.15) is 0 Å². The number of carbonyl (C=O) groups is 3. The normalized spacial score (nSPS) is 11.9. The van der Waals surface area contributed by atoms with Crippen LogP contribution in [0.2, 0.25) is 0 Å². The largest absolute Gasteiger partial charge is 0.497 e. The maximum absolute atomic E-state index is 13.1. The maximum atomic E-state index is 13.1. The number of rotatable bonds is 11. The van der Waals surface area contributed by atoms with Crippen LogP contribution in [0.3, 0.4) is 0 Å². The second-order valence-electron chi connectivity index (χ2n) is 10.3. The fraction of sp³-hybridized carbons (Fsp3) is 0.281. The molecule has 1 atom stereocenters. The van der Waals surface area contributed by atoms with Gasteiger partial charge in [-0.05, 0) is 87.2 Å². The van der Waals surface area contributed by atoms with Crippen LogP contribution in [-0.2, 0) is 14.3 Å². The van der Waals surface area contributed by atoms with Crippen LogP contribution in [0.5, 0.6) is 5.75 Å². The number of amides is 3. The Morgan fingerprint density at radius 3 is 2.10 bits per heavy atom. The number of hydrogen-bond donors (Lipinski definition) is 3. The predicted molar refractivity (Wildman–Crippen MR) is 165 cm³/mol. The Kier molecular flexibility index (Phi) is 11.4. The molecule has 9 heteroatoms. The number of halogens is 1. The van der Waals surface area contributed by atoms with Gasteiger partial charge in [-0.25, -0.2) is 4.79 Å². The maximum Gasteiger partial charge on any atom is 0.412 e. The summed E-state index contributed by atoms with van der Waals surface area (Å²) < 4.78 is 10.5. The number of methoxy groups -OCH3 is 1. The fourth-order valence-electron chi connectivity index (χ4n) is 3.93. The Balaban J connectivity index is 1.65. The summed E-state index contributed by atoms with van der Waals surface area (Å²) in [6.45, 7) is 5.32. The lowest BCUT2D eigenvalue weighted by Crippen LogP contribution is -2.27. The van der Waals surface area contributed by atoms with Gasteiger partial charge in [0.15, 0.2) is 0 Å². The zero-order valence-corrected chi connectivity index (χ0v) is 24.5. The van der Waals surface area contributed by atoms with Crippen molar-refractivity contribution in [1.29, 1.82) is 0 Å². The third-order valence-corrected chi connectivity index (χ3v) is 6.15. The van der Waals surface area contributed by atoms with Crippen molar-refractivity contribution in [3.8, 4) is 5.75 Å². The van der Waals surface area contributed by atoms with E-state index in [1.54, 1.807) is 82.5 Å². The van der Waals surface area contributed by atoms with Gasteiger partial charge in [0.2, 0.25) is 11.8 Å². The highest BCUT2D eigenvalue weighted by Gasteiger charge is 2.21. The molecule has 8 nitrogen and oxygen atoms in total. The summed E-state index contributed by atoms with van der Waals surface area (Å²) in [6, 6.07) is 21.5. The second kappa shape index (κ2) is 14.9. The molecule has 0 aliphatic heterocycles. The summed E-state index contributed by atoms with van der Waals surface area (Å²) in [5, 5.41) is 8.41. The van der Waals surface area contributed by atoms with Crippen molar-refractivity contribution in [2.24, 2.45) is 0 Å². The van der Waals surface area contributed by atoms with Crippen LogP contribution < -0.4 is 20.7 Å². The molecule has 3 rings (SSSR count). The summed E-state index contributed by atoms with van der Waals surface area (Å²) in [6.07, 6.45) is 3.75. The molecule has 0 saturated heterocycles. The average molecular weight is 578 g/mol. The first kappa shape index (κ1) is 31.2. The molecule has 41 heavy (non-hydrogen) atoms. The van der Waals surface area contributed by atoms with Crippen molar-refractivity contribution in [1.82, 2.24) is 0 Å². The number of ether oxygens (including phenoxy) is 2. The topological polar surface area (TPSA) is 106 Å². The van der Waals surface area contributed by atoms with Gasteiger partial charge in [-0.3, -0.25) is 14.9 Å². The quantitative estimate of drug-likeness (QED) is 0.162. The van der Waals surface area contributed by atoms with Gasteiger partial charge in [0.1, 0.15) is 11.4 Å². The first-order chi connectivity index (χ1) is 19.6. The zero-order valence-electron chi connectivity index (χ0n) is 23.7. The molecule has 0 bridgehead atoms. The van der Waals surface area contributed by atoms with Crippen molar-refractivity contribution in [2.75, 3.05) is 28.9 Å². The van der Waals surface area contributed by atoms with Gasteiger partial charge in [-0.15, -0.1) is 11.6 Å². The van der Waals surface area contributed by atoms with Crippen LogP contribution in [0.15, 0.2) is 78.9 Å². The Hall–Kier alpha value is -4.30. The third kappa shape index (κ3) is 10.3. The highest BCUT2D eigenvalue weighted by molar-refractivity contribution is 6.17. The number of hydrogen-bond acceptors (Lipinski definition) is 5. The van der Waals surface area contributed by atoms with Crippen LogP contribution in [0, 0.1) is 0 Å². The molecule has 0 aliphatic rings. The molecule has 1 unspecified atom stereocenters. The highest BCUT2D eigenvalue weighted by atomic mass is 35.5. The van der Waals surface area contributed by atoms with E-state index < -0.39 is 11.7 Å². The lowest BCUT2D eigenvalue weighted by Gasteiger charge is -2.20. The Bertz CT molecular complexity index is 1350. The Morgan fingerprint density at radius 2 is 1.51 bits per heavy atom.